The Kier molecular flexibility index (Phi) is 5.66. The number of benzene rings is 1. The van der Waals surface area contributed by atoms with Gasteiger partial charge in [0.05, 0.1) is 18.4 Å². The van der Waals surface area contributed by atoms with Crippen molar-refractivity contribution in [3.05, 3.63) is 60.4 Å². The van der Waals surface area contributed by atoms with Gasteiger partial charge in [-0.05, 0) is 31.7 Å². The van der Waals surface area contributed by atoms with Crippen LogP contribution in [-0.2, 0) is 18.4 Å². The van der Waals surface area contributed by atoms with Crippen molar-refractivity contribution in [3.8, 4) is 5.69 Å². The molecule has 0 radical (unpaired) electrons. The van der Waals surface area contributed by atoms with Gasteiger partial charge in [0.15, 0.2) is 0 Å². The zero-order chi connectivity index (χ0) is 19.4. The van der Waals surface area contributed by atoms with Crippen LogP contribution >= 0.6 is 0 Å². The first-order valence-electron chi connectivity index (χ1n) is 8.80. The molecule has 1 unspecified atom stereocenters. The van der Waals surface area contributed by atoms with Crippen molar-refractivity contribution in [2.75, 3.05) is 20.6 Å². The number of aromatic nitrogens is 5. The molecule has 0 aliphatic carbocycles. The Morgan fingerprint density at radius 2 is 1.93 bits per heavy atom. The summed E-state index contributed by atoms with van der Waals surface area (Å²) in [6.45, 7) is 3.00. The van der Waals surface area contributed by atoms with E-state index in [-0.39, 0.29) is 11.9 Å². The highest BCUT2D eigenvalue weighted by Crippen LogP contribution is 2.20. The summed E-state index contributed by atoms with van der Waals surface area (Å²) in [5.74, 6) is 0.0763. The van der Waals surface area contributed by atoms with E-state index < -0.39 is 0 Å². The largest absolute Gasteiger partial charge is 0.340 e. The minimum Gasteiger partial charge on any atom is -0.340 e. The van der Waals surface area contributed by atoms with Gasteiger partial charge in [0, 0.05) is 38.4 Å². The molecule has 0 saturated heterocycles. The Bertz CT molecular complexity index is 870. The molecule has 0 saturated carbocycles. The molecule has 8 nitrogen and oxygen atoms in total. The normalized spacial score (nSPS) is 12.3. The number of aryl methyl sites for hydroxylation is 1. The average Bonchev–Trinajstić information content (AvgIpc) is 3.33. The number of nitrogens with zero attached hydrogens (tertiary/aromatic N) is 7. The standard InChI is InChI=1S/C19H25N7O/c1-15(17-5-7-18(8-6-17)26-14-20-13-22-26)23(2)12-19(27)24(3)10-16-9-21-25(4)11-16/h5-9,11,13-15H,10,12H2,1-4H3. The summed E-state index contributed by atoms with van der Waals surface area (Å²) in [6, 6.07) is 8.24. The Morgan fingerprint density at radius 1 is 1.19 bits per heavy atom. The van der Waals surface area contributed by atoms with Crippen molar-refractivity contribution < 1.29 is 4.79 Å². The molecule has 0 aliphatic heterocycles. The number of hydrogen-bond donors (Lipinski definition) is 0. The average molecular weight is 367 g/mol. The number of amides is 1. The fraction of sp³-hybridized carbons (Fsp3) is 0.368. The number of likely N-dealkylation sites (N-methyl/N-ethyl adjacent to an activating group) is 2. The fourth-order valence-electron chi connectivity index (χ4n) is 2.89. The molecular formula is C19H25N7O. The van der Waals surface area contributed by atoms with Crippen LogP contribution < -0.4 is 0 Å². The van der Waals surface area contributed by atoms with E-state index in [1.54, 1.807) is 26.8 Å². The van der Waals surface area contributed by atoms with E-state index in [0.29, 0.717) is 13.1 Å². The molecular weight excluding hydrogens is 342 g/mol. The van der Waals surface area contributed by atoms with E-state index in [9.17, 15) is 4.79 Å². The van der Waals surface area contributed by atoms with Crippen molar-refractivity contribution in [2.24, 2.45) is 7.05 Å². The van der Waals surface area contributed by atoms with Gasteiger partial charge in [0.2, 0.25) is 5.91 Å². The molecule has 3 aromatic rings. The molecule has 8 heteroatoms. The molecule has 0 N–H and O–H groups in total. The molecule has 0 fully saturated rings. The van der Waals surface area contributed by atoms with Crippen LogP contribution in [0.2, 0.25) is 0 Å². The van der Waals surface area contributed by atoms with E-state index in [1.165, 1.54) is 6.33 Å². The van der Waals surface area contributed by atoms with E-state index in [2.05, 4.69) is 34.2 Å². The Balaban J connectivity index is 1.57. The molecule has 0 aliphatic rings. The number of hydrogen-bond acceptors (Lipinski definition) is 5. The molecule has 3 rings (SSSR count). The SMILES string of the molecule is CC(c1ccc(-n2cncn2)cc1)N(C)CC(=O)N(C)Cc1cnn(C)c1. The molecule has 1 atom stereocenters. The second-order valence-electron chi connectivity index (χ2n) is 6.79. The molecule has 0 spiro atoms. The lowest BCUT2D eigenvalue weighted by atomic mass is 10.1. The van der Waals surface area contributed by atoms with E-state index in [4.69, 9.17) is 0 Å². The maximum Gasteiger partial charge on any atom is 0.236 e. The zero-order valence-corrected chi connectivity index (χ0v) is 16.1. The van der Waals surface area contributed by atoms with Gasteiger partial charge in [-0.2, -0.15) is 10.2 Å². The Labute approximate surface area is 159 Å². The highest BCUT2D eigenvalue weighted by molar-refractivity contribution is 5.78. The van der Waals surface area contributed by atoms with Crippen LogP contribution in [0.4, 0.5) is 0 Å². The minimum absolute atomic E-state index is 0.0763. The van der Waals surface area contributed by atoms with Crippen LogP contribution in [0.3, 0.4) is 0 Å². The predicted molar refractivity (Wildman–Crippen MR) is 102 cm³/mol. The number of carbonyl (C=O) groups excluding carboxylic acids is 1. The van der Waals surface area contributed by atoms with Crippen LogP contribution in [0.25, 0.3) is 5.69 Å². The molecule has 27 heavy (non-hydrogen) atoms. The van der Waals surface area contributed by atoms with Crippen molar-refractivity contribution in [3.63, 3.8) is 0 Å². The van der Waals surface area contributed by atoms with Crippen molar-refractivity contribution in [1.82, 2.24) is 34.3 Å². The smallest absolute Gasteiger partial charge is 0.236 e. The van der Waals surface area contributed by atoms with Gasteiger partial charge >= 0.3 is 0 Å². The van der Waals surface area contributed by atoms with Crippen molar-refractivity contribution in [1.29, 1.82) is 0 Å². The summed E-state index contributed by atoms with van der Waals surface area (Å²) >= 11 is 0. The lowest BCUT2D eigenvalue weighted by Gasteiger charge is -2.27. The monoisotopic (exact) mass is 367 g/mol. The molecule has 1 amide bonds. The van der Waals surface area contributed by atoms with Gasteiger partial charge in [0.25, 0.3) is 0 Å². The number of rotatable bonds is 7. The summed E-state index contributed by atoms with van der Waals surface area (Å²) in [5.41, 5.74) is 3.12. The van der Waals surface area contributed by atoms with Gasteiger partial charge in [-0.25, -0.2) is 9.67 Å². The van der Waals surface area contributed by atoms with E-state index in [0.717, 1.165) is 16.8 Å². The van der Waals surface area contributed by atoms with Gasteiger partial charge in [0.1, 0.15) is 12.7 Å². The van der Waals surface area contributed by atoms with Gasteiger partial charge in [-0.3, -0.25) is 14.4 Å². The van der Waals surface area contributed by atoms with Crippen LogP contribution in [-0.4, -0.2) is 60.9 Å². The summed E-state index contributed by atoms with van der Waals surface area (Å²) in [5, 5.41) is 8.27. The summed E-state index contributed by atoms with van der Waals surface area (Å²) in [6.07, 6.45) is 6.89. The van der Waals surface area contributed by atoms with Crippen molar-refractivity contribution in [2.45, 2.75) is 19.5 Å². The van der Waals surface area contributed by atoms with E-state index in [1.807, 2.05) is 44.4 Å². The van der Waals surface area contributed by atoms with Gasteiger partial charge in [-0.1, -0.05) is 12.1 Å². The Hall–Kier alpha value is -3.00. The highest BCUT2D eigenvalue weighted by Gasteiger charge is 2.18. The second kappa shape index (κ2) is 8.13. The number of carbonyl (C=O) groups is 1. The predicted octanol–water partition coefficient (Wildman–Crippen LogP) is 1.65. The first-order valence-corrected chi connectivity index (χ1v) is 8.80. The fourth-order valence-corrected chi connectivity index (χ4v) is 2.89. The third kappa shape index (κ3) is 4.59. The first kappa shape index (κ1) is 18.8. The molecule has 0 bridgehead atoms. The third-order valence-electron chi connectivity index (χ3n) is 4.71. The van der Waals surface area contributed by atoms with Crippen molar-refractivity contribution >= 4 is 5.91 Å². The molecule has 2 heterocycles. The quantitative estimate of drug-likeness (QED) is 0.635. The second-order valence-corrected chi connectivity index (χ2v) is 6.79. The van der Waals surface area contributed by atoms with Crippen LogP contribution in [0.5, 0.6) is 0 Å². The highest BCUT2D eigenvalue weighted by atomic mass is 16.2. The zero-order valence-electron chi connectivity index (χ0n) is 16.1. The summed E-state index contributed by atoms with van der Waals surface area (Å²) < 4.78 is 3.46. The third-order valence-corrected chi connectivity index (χ3v) is 4.71. The lowest BCUT2D eigenvalue weighted by molar-refractivity contribution is -0.131. The van der Waals surface area contributed by atoms with Crippen LogP contribution in [0, 0.1) is 0 Å². The maximum atomic E-state index is 12.5. The molecule has 1 aromatic carbocycles. The maximum absolute atomic E-state index is 12.5. The first-order chi connectivity index (χ1) is 12.9. The summed E-state index contributed by atoms with van der Waals surface area (Å²) in [4.78, 5) is 20.3. The Morgan fingerprint density at radius 3 is 2.52 bits per heavy atom. The van der Waals surface area contributed by atoms with Gasteiger partial charge in [-0.15, -0.1) is 0 Å². The topological polar surface area (TPSA) is 72.1 Å². The van der Waals surface area contributed by atoms with Crippen LogP contribution in [0.15, 0.2) is 49.3 Å². The molecule has 142 valence electrons. The van der Waals surface area contributed by atoms with Crippen LogP contribution in [0.1, 0.15) is 24.1 Å². The minimum atomic E-state index is 0.0763. The lowest BCUT2D eigenvalue weighted by Crippen LogP contribution is -2.37. The molecule has 2 aromatic heterocycles. The summed E-state index contributed by atoms with van der Waals surface area (Å²) in [7, 11) is 5.65. The van der Waals surface area contributed by atoms with E-state index >= 15 is 0 Å². The van der Waals surface area contributed by atoms with Gasteiger partial charge < -0.3 is 4.90 Å².